The minimum absolute atomic E-state index is 0.471. The summed E-state index contributed by atoms with van der Waals surface area (Å²) >= 11 is 6.04. The van der Waals surface area contributed by atoms with Crippen molar-refractivity contribution in [3.8, 4) is 0 Å². The van der Waals surface area contributed by atoms with Crippen molar-refractivity contribution in [2.75, 3.05) is 40.3 Å². The summed E-state index contributed by atoms with van der Waals surface area (Å²) in [6.45, 7) is 12.7. The predicted octanol–water partition coefficient (Wildman–Crippen LogP) is 5.28. The Balaban J connectivity index is 0.00000163. The van der Waals surface area contributed by atoms with E-state index in [-0.39, 0.29) is 0 Å². The van der Waals surface area contributed by atoms with E-state index in [1.807, 2.05) is 64.9 Å². The molecule has 2 heterocycles. The van der Waals surface area contributed by atoms with Crippen LogP contribution in [0.5, 0.6) is 0 Å². The highest BCUT2D eigenvalue weighted by Crippen LogP contribution is 2.18. The maximum Gasteiger partial charge on any atom is 0.191 e. The van der Waals surface area contributed by atoms with E-state index in [2.05, 4.69) is 34.9 Å². The zero-order valence-electron chi connectivity index (χ0n) is 23.5. The first-order chi connectivity index (χ1) is 17.8. The van der Waals surface area contributed by atoms with Gasteiger partial charge in [0.1, 0.15) is 5.16 Å². The monoisotopic (exact) mass is 536 g/mol. The van der Waals surface area contributed by atoms with E-state index in [0.717, 1.165) is 29.7 Å². The van der Waals surface area contributed by atoms with E-state index in [0.29, 0.717) is 37.0 Å². The molecule has 2 atom stereocenters. The van der Waals surface area contributed by atoms with Gasteiger partial charge in [0.25, 0.3) is 0 Å². The number of likely N-dealkylation sites (N-methyl/N-ethyl adjacent to an activating group) is 2. The van der Waals surface area contributed by atoms with Crippen LogP contribution in [0.15, 0.2) is 70.6 Å². The standard InChI is InChI=1S/C25H34ClFN4O2.2C2H6/c1-18-12-21(13-29-25(18)27)15-31(3)33-17-20-6-4-19(5-7-20)10-11-28-14-23(32)22-8-9-24(26)30(2)16-22;2*1-2/h4-9,12-13,23,25,28-29,32H,10-11,14-17H2,1-3H3;2*1-2H3. The molecule has 0 saturated carbocycles. The summed E-state index contributed by atoms with van der Waals surface area (Å²) in [5.41, 5.74) is 4.91. The van der Waals surface area contributed by atoms with Crippen molar-refractivity contribution >= 4 is 11.6 Å². The van der Waals surface area contributed by atoms with Gasteiger partial charge in [-0.3, -0.25) is 4.84 Å². The maximum atomic E-state index is 13.4. The Labute approximate surface area is 228 Å². The fraction of sp³-hybridized carbons (Fsp3) is 0.517. The van der Waals surface area contributed by atoms with Gasteiger partial charge in [-0.1, -0.05) is 75.7 Å². The number of aliphatic hydroxyl groups is 1. The molecule has 0 spiro atoms. The number of dihydropyridines is 1. The predicted molar refractivity (Wildman–Crippen MR) is 154 cm³/mol. The third kappa shape index (κ3) is 11.8. The first-order valence-corrected chi connectivity index (χ1v) is 13.5. The van der Waals surface area contributed by atoms with Crippen LogP contribution in [-0.2, 0) is 17.9 Å². The van der Waals surface area contributed by atoms with E-state index >= 15 is 0 Å². The highest BCUT2D eigenvalue weighted by molar-refractivity contribution is 6.29. The Morgan fingerprint density at radius 3 is 2.46 bits per heavy atom. The SMILES string of the molecule is CC.CC.CC1=CC(CN(C)OCc2ccc(CCNCC(O)C3=CC=C(Cl)N(C)C3)cc2)=CNC1F. The number of aliphatic hydroxyl groups excluding tert-OH is 1. The van der Waals surface area contributed by atoms with Crippen molar-refractivity contribution in [2.24, 2.45) is 0 Å². The first-order valence-electron chi connectivity index (χ1n) is 13.2. The van der Waals surface area contributed by atoms with Gasteiger partial charge in [0, 0.05) is 33.4 Å². The van der Waals surface area contributed by atoms with Crippen LogP contribution < -0.4 is 10.6 Å². The minimum atomic E-state index is -1.10. The molecule has 6 nitrogen and oxygen atoms in total. The molecule has 2 aliphatic rings. The van der Waals surface area contributed by atoms with Crippen molar-refractivity contribution in [3.63, 3.8) is 0 Å². The molecule has 0 amide bonds. The van der Waals surface area contributed by atoms with Crippen LogP contribution in [0.4, 0.5) is 4.39 Å². The van der Waals surface area contributed by atoms with Crippen molar-refractivity contribution in [2.45, 2.75) is 60.0 Å². The lowest BCUT2D eigenvalue weighted by Gasteiger charge is -2.26. The topological polar surface area (TPSA) is 60.0 Å². The lowest BCUT2D eigenvalue weighted by molar-refractivity contribution is -0.144. The Bertz CT molecular complexity index is 915. The highest BCUT2D eigenvalue weighted by atomic mass is 35.5. The number of nitrogens with zero attached hydrogens (tertiary/aromatic N) is 2. The number of alkyl halides is 1. The molecule has 0 bridgehead atoms. The molecule has 0 saturated heterocycles. The largest absolute Gasteiger partial charge is 0.387 e. The molecule has 2 aliphatic heterocycles. The van der Waals surface area contributed by atoms with E-state index < -0.39 is 12.4 Å². The molecule has 3 rings (SSSR count). The summed E-state index contributed by atoms with van der Waals surface area (Å²) in [5.74, 6) is 0. The van der Waals surface area contributed by atoms with Gasteiger partial charge in [-0.05, 0) is 53.8 Å². The molecule has 0 aromatic heterocycles. The minimum Gasteiger partial charge on any atom is -0.387 e. The van der Waals surface area contributed by atoms with E-state index in [4.69, 9.17) is 16.4 Å². The third-order valence-corrected chi connectivity index (χ3v) is 6.10. The summed E-state index contributed by atoms with van der Waals surface area (Å²) in [7, 11) is 3.77. The number of hydrogen-bond donors (Lipinski definition) is 3. The van der Waals surface area contributed by atoms with Gasteiger partial charge in [0.15, 0.2) is 6.30 Å². The molecule has 0 fully saturated rings. The number of halogens is 2. The zero-order valence-corrected chi connectivity index (χ0v) is 24.3. The van der Waals surface area contributed by atoms with Crippen molar-refractivity contribution < 1.29 is 14.3 Å². The Morgan fingerprint density at radius 1 is 1.19 bits per heavy atom. The number of nitrogens with one attached hydrogen (secondary N) is 2. The number of hydroxylamine groups is 2. The Morgan fingerprint density at radius 2 is 1.84 bits per heavy atom. The number of allylic oxidation sites excluding steroid dienone is 2. The van der Waals surface area contributed by atoms with Crippen LogP contribution in [0.2, 0.25) is 0 Å². The summed E-state index contributed by atoms with van der Waals surface area (Å²) in [6, 6.07) is 8.33. The highest BCUT2D eigenvalue weighted by Gasteiger charge is 2.16. The molecule has 208 valence electrons. The zero-order chi connectivity index (χ0) is 27.8. The van der Waals surface area contributed by atoms with E-state index in [1.165, 1.54) is 5.56 Å². The van der Waals surface area contributed by atoms with E-state index in [1.54, 1.807) is 18.2 Å². The fourth-order valence-corrected chi connectivity index (χ4v) is 3.75. The van der Waals surface area contributed by atoms with E-state index in [9.17, 15) is 9.50 Å². The van der Waals surface area contributed by atoms with Crippen LogP contribution >= 0.6 is 11.6 Å². The number of rotatable bonds is 11. The van der Waals surface area contributed by atoms with Crippen LogP contribution in [-0.4, -0.2) is 67.7 Å². The lowest BCUT2D eigenvalue weighted by Crippen LogP contribution is -2.34. The van der Waals surface area contributed by atoms with Crippen LogP contribution in [0.1, 0.15) is 45.7 Å². The van der Waals surface area contributed by atoms with Crippen LogP contribution in [0.3, 0.4) is 0 Å². The smallest absolute Gasteiger partial charge is 0.191 e. The molecular formula is C29H46ClFN4O2. The average Bonchev–Trinajstić information content (AvgIpc) is 2.92. The summed E-state index contributed by atoms with van der Waals surface area (Å²) in [5, 5.41) is 18.8. The Hall–Kier alpha value is -2.16. The van der Waals surface area contributed by atoms with Crippen molar-refractivity contribution in [1.82, 2.24) is 20.6 Å². The van der Waals surface area contributed by atoms with Gasteiger partial charge >= 0.3 is 0 Å². The second-order valence-electron chi connectivity index (χ2n) is 8.57. The third-order valence-electron chi connectivity index (χ3n) is 5.68. The fourth-order valence-electron chi connectivity index (χ4n) is 3.62. The second kappa shape index (κ2) is 18.2. The second-order valence-corrected chi connectivity index (χ2v) is 8.96. The van der Waals surface area contributed by atoms with Crippen molar-refractivity contribution in [3.05, 3.63) is 81.7 Å². The molecule has 8 heteroatoms. The summed E-state index contributed by atoms with van der Waals surface area (Å²) < 4.78 is 13.4. The van der Waals surface area contributed by atoms with Gasteiger partial charge in [-0.25, -0.2) is 4.39 Å². The van der Waals surface area contributed by atoms with Gasteiger partial charge in [0.05, 0.1) is 19.3 Å². The molecule has 0 aliphatic carbocycles. The van der Waals surface area contributed by atoms with Crippen LogP contribution in [0, 0.1) is 0 Å². The Kier molecular flexibility index (Phi) is 16.1. The molecule has 1 aromatic carbocycles. The molecule has 37 heavy (non-hydrogen) atoms. The molecule has 1 aromatic rings. The summed E-state index contributed by atoms with van der Waals surface area (Å²) in [6.07, 6.45) is 6.50. The molecule has 2 unspecified atom stereocenters. The number of hydrogen-bond acceptors (Lipinski definition) is 6. The number of benzene rings is 1. The van der Waals surface area contributed by atoms with Crippen LogP contribution in [0.25, 0.3) is 0 Å². The quantitative estimate of drug-likeness (QED) is 0.203. The van der Waals surface area contributed by atoms with Gasteiger partial charge < -0.3 is 20.6 Å². The normalized spacial score (nSPS) is 17.7. The van der Waals surface area contributed by atoms with Gasteiger partial charge in [-0.15, -0.1) is 0 Å². The van der Waals surface area contributed by atoms with Gasteiger partial charge in [-0.2, -0.15) is 5.06 Å². The maximum absolute atomic E-state index is 13.4. The first kappa shape index (κ1) is 32.9. The van der Waals surface area contributed by atoms with Gasteiger partial charge in [0.2, 0.25) is 0 Å². The van der Waals surface area contributed by atoms with Crippen molar-refractivity contribution in [1.29, 1.82) is 0 Å². The molecular weight excluding hydrogens is 491 g/mol. The average molecular weight is 537 g/mol. The molecule has 0 radical (unpaired) electrons. The molecule has 3 N–H and O–H groups in total. The lowest BCUT2D eigenvalue weighted by atomic mass is 10.1. The summed E-state index contributed by atoms with van der Waals surface area (Å²) in [4.78, 5) is 7.72.